The largest absolute Gasteiger partial charge is 0.468 e. The van der Waals surface area contributed by atoms with Gasteiger partial charge in [0.15, 0.2) is 5.13 Å². The molecule has 4 rings (SSSR count). The average molecular weight is 520 g/mol. The fourth-order valence-corrected chi connectivity index (χ4v) is 5.47. The maximum atomic E-state index is 13.7. The summed E-state index contributed by atoms with van der Waals surface area (Å²) >= 11 is 2.52. The van der Waals surface area contributed by atoms with Crippen LogP contribution in [0.4, 0.5) is 10.8 Å². The highest BCUT2D eigenvalue weighted by Crippen LogP contribution is 2.41. The van der Waals surface area contributed by atoms with Gasteiger partial charge >= 0.3 is 0 Å². The molecule has 1 atom stereocenters. The Bertz CT molecular complexity index is 1370. The maximum absolute atomic E-state index is 13.7. The van der Waals surface area contributed by atoms with Gasteiger partial charge in [-0.1, -0.05) is 36.9 Å². The van der Waals surface area contributed by atoms with Gasteiger partial charge in [0.25, 0.3) is 5.91 Å². The zero-order valence-electron chi connectivity index (χ0n) is 20.0. The number of nitriles is 1. The Balaban J connectivity index is 1.63. The summed E-state index contributed by atoms with van der Waals surface area (Å²) in [5, 5.41) is 21.9. The second-order valence-corrected chi connectivity index (χ2v) is 9.94. The van der Waals surface area contributed by atoms with Crippen molar-refractivity contribution in [1.29, 1.82) is 5.26 Å². The molecule has 0 fully saturated rings. The van der Waals surface area contributed by atoms with Crippen molar-refractivity contribution in [3.63, 3.8) is 0 Å². The average Bonchev–Trinajstić information content (AvgIpc) is 3.58. The lowest BCUT2D eigenvalue weighted by molar-refractivity contribution is -0.114. The van der Waals surface area contributed by atoms with Crippen molar-refractivity contribution in [2.75, 3.05) is 16.4 Å². The number of aromatic nitrogens is 1. The molecule has 3 aromatic rings. The molecule has 1 aromatic carbocycles. The normalized spacial score (nSPS) is 15.3. The summed E-state index contributed by atoms with van der Waals surface area (Å²) in [4.78, 5) is 30.1. The van der Waals surface area contributed by atoms with Gasteiger partial charge in [-0.25, -0.2) is 4.98 Å². The molecule has 2 amide bonds. The van der Waals surface area contributed by atoms with Crippen molar-refractivity contribution in [1.82, 2.24) is 10.3 Å². The van der Waals surface area contributed by atoms with E-state index in [1.807, 2.05) is 32.0 Å². The third kappa shape index (κ3) is 5.37. The number of thiazole rings is 1. The first-order valence-electron chi connectivity index (χ1n) is 11.3. The summed E-state index contributed by atoms with van der Waals surface area (Å²) in [6, 6.07) is 11.6. The number of rotatable bonds is 8. The first-order valence-corrected chi connectivity index (χ1v) is 13.2. The van der Waals surface area contributed by atoms with E-state index in [1.54, 1.807) is 30.6 Å². The third-order valence-corrected chi connectivity index (χ3v) is 7.43. The molecule has 0 saturated carbocycles. The molecule has 3 heterocycles. The van der Waals surface area contributed by atoms with E-state index in [4.69, 9.17) is 4.42 Å². The topological polar surface area (TPSA) is 120 Å². The van der Waals surface area contributed by atoms with Crippen LogP contribution in [-0.2, 0) is 16.0 Å². The highest BCUT2D eigenvalue weighted by Gasteiger charge is 2.36. The van der Waals surface area contributed by atoms with Gasteiger partial charge in [0.2, 0.25) is 5.91 Å². The minimum absolute atomic E-state index is 0.0653. The summed E-state index contributed by atoms with van der Waals surface area (Å²) in [7, 11) is 0. The molecule has 0 bridgehead atoms. The number of carbonyl (C=O) groups excluding carboxylic acids is 2. The second kappa shape index (κ2) is 11.3. The van der Waals surface area contributed by atoms with Gasteiger partial charge in [0, 0.05) is 23.0 Å². The lowest BCUT2D eigenvalue weighted by atomic mass is 9.85. The number of amides is 2. The Morgan fingerprint density at radius 1 is 1.25 bits per heavy atom. The van der Waals surface area contributed by atoms with Crippen molar-refractivity contribution in [2.24, 2.45) is 0 Å². The predicted molar refractivity (Wildman–Crippen MR) is 142 cm³/mol. The van der Waals surface area contributed by atoms with Gasteiger partial charge in [-0.05, 0) is 43.5 Å². The van der Waals surface area contributed by atoms with Crippen LogP contribution in [0.25, 0.3) is 0 Å². The summed E-state index contributed by atoms with van der Waals surface area (Å²) < 4.78 is 5.67. The minimum atomic E-state index is -0.718. The summed E-state index contributed by atoms with van der Waals surface area (Å²) in [6.07, 6.45) is 3.89. The smallest absolute Gasteiger partial charge is 0.254 e. The fraction of sp³-hybridized carbons (Fsp3) is 0.231. The quantitative estimate of drug-likeness (QED) is 0.369. The molecule has 0 unspecified atom stereocenters. The Hall–Kier alpha value is -3.81. The number of nitrogens with zero attached hydrogens (tertiary/aromatic N) is 2. The van der Waals surface area contributed by atoms with Gasteiger partial charge in [-0.2, -0.15) is 5.26 Å². The van der Waals surface area contributed by atoms with Crippen LogP contribution in [0.3, 0.4) is 0 Å². The van der Waals surface area contributed by atoms with Crippen LogP contribution < -0.4 is 16.0 Å². The van der Waals surface area contributed by atoms with Gasteiger partial charge < -0.3 is 20.4 Å². The van der Waals surface area contributed by atoms with Crippen LogP contribution in [-0.4, -0.2) is 22.6 Å². The Kier molecular flexibility index (Phi) is 7.93. The van der Waals surface area contributed by atoms with Crippen LogP contribution in [0.15, 0.2) is 74.5 Å². The highest BCUT2D eigenvalue weighted by molar-refractivity contribution is 8.03. The van der Waals surface area contributed by atoms with Gasteiger partial charge in [-0.3, -0.25) is 9.59 Å². The molecule has 36 heavy (non-hydrogen) atoms. The number of allylic oxidation sites excluding steroid dienone is 2. The molecule has 10 heteroatoms. The van der Waals surface area contributed by atoms with E-state index in [0.717, 1.165) is 23.2 Å². The van der Waals surface area contributed by atoms with Gasteiger partial charge in [0.05, 0.1) is 40.2 Å². The van der Waals surface area contributed by atoms with Crippen LogP contribution in [0.5, 0.6) is 0 Å². The first-order chi connectivity index (χ1) is 17.4. The molecular formula is C26H25N5O3S2. The van der Waals surface area contributed by atoms with Gasteiger partial charge in [0.1, 0.15) is 5.76 Å². The number of benzene rings is 1. The van der Waals surface area contributed by atoms with E-state index in [-0.39, 0.29) is 17.6 Å². The SMILES string of the molecule is CCc1cccc(C)c1NC(=O)C1=C(C)NC(SCC(=O)Nc2nccs2)=C(C#N)[C@H]1c1ccco1. The molecule has 1 aliphatic rings. The Labute approximate surface area is 217 Å². The van der Waals surface area contributed by atoms with Crippen molar-refractivity contribution < 1.29 is 14.0 Å². The zero-order valence-corrected chi connectivity index (χ0v) is 21.7. The third-order valence-electron chi connectivity index (χ3n) is 5.72. The Morgan fingerprint density at radius 3 is 2.75 bits per heavy atom. The van der Waals surface area contributed by atoms with Crippen LogP contribution in [0, 0.1) is 18.3 Å². The second-order valence-electron chi connectivity index (χ2n) is 8.06. The van der Waals surface area contributed by atoms with Crippen molar-refractivity contribution in [3.05, 3.63) is 86.9 Å². The van der Waals surface area contributed by atoms with E-state index in [0.29, 0.717) is 32.8 Å². The number of thioether (sulfide) groups is 1. The number of nitrogens with one attached hydrogen (secondary N) is 3. The highest BCUT2D eigenvalue weighted by atomic mass is 32.2. The first kappa shape index (κ1) is 25.3. The van der Waals surface area contributed by atoms with Crippen LogP contribution in [0.2, 0.25) is 0 Å². The molecule has 0 radical (unpaired) electrons. The molecule has 2 aromatic heterocycles. The number of hydrogen-bond acceptors (Lipinski definition) is 8. The molecular weight excluding hydrogens is 494 g/mol. The van der Waals surface area contributed by atoms with Crippen molar-refractivity contribution >= 4 is 45.7 Å². The molecule has 8 nitrogen and oxygen atoms in total. The summed E-state index contributed by atoms with van der Waals surface area (Å²) in [5.74, 6) is -0.736. The number of anilines is 2. The number of dihydropyridines is 1. The molecule has 184 valence electrons. The van der Waals surface area contributed by atoms with E-state index in [9.17, 15) is 14.9 Å². The van der Waals surface area contributed by atoms with Crippen LogP contribution in [0.1, 0.15) is 36.7 Å². The monoisotopic (exact) mass is 519 g/mol. The number of aryl methyl sites for hydroxylation is 2. The predicted octanol–water partition coefficient (Wildman–Crippen LogP) is 5.31. The molecule has 1 aliphatic heterocycles. The lowest BCUT2D eigenvalue weighted by Gasteiger charge is -2.28. The summed E-state index contributed by atoms with van der Waals surface area (Å²) in [5.41, 5.74) is 4.04. The molecule has 0 aliphatic carbocycles. The number of hydrogen-bond donors (Lipinski definition) is 3. The Morgan fingerprint density at radius 2 is 2.08 bits per heavy atom. The summed E-state index contributed by atoms with van der Waals surface area (Å²) in [6.45, 7) is 5.77. The van der Waals surface area contributed by atoms with Crippen LogP contribution >= 0.6 is 23.1 Å². The van der Waals surface area contributed by atoms with E-state index < -0.39 is 5.92 Å². The number of furan rings is 1. The van der Waals surface area contributed by atoms with E-state index >= 15 is 0 Å². The maximum Gasteiger partial charge on any atom is 0.254 e. The van der Waals surface area contributed by atoms with Gasteiger partial charge in [-0.15, -0.1) is 11.3 Å². The van der Waals surface area contributed by atoms with Crippen molar-refractivity contribution in [3.8, 4) is 6.07 Å². The van der Waals surface area contributed by atoms with Crippen molar-refractivity contribution in [2.45, 2.75) is 33.1 Å². The lowest BCUT2D eigenvalue weighted by Crippen LogP contribution is -2.31. The number of carbonyl (C=O) groups is 2. The van der Waals surface area contributed by atoms with E-state index in [2.05, 4.69) is 27.0 Å². The zero-order chi connectivity index (χ0) is 25.7. The number of para-hydroxylation sites is 1. The minimum Gasteiger partial charge on any atom is -0.468 e. The molecule has 0 saturated heterocycles. The molecule has 0 spiro atoms. The standard InChI is InChI=1S/C26H25N5O3S2/c1-4-17-8-5-7-15(2)23(17)31-24(33)21-16(3)29-25(18(13-27)22(21)19-9-6-11-34-19)36-14-20(32)30-26-28-10-12-35-26/h5-12,22,29H,4,14H2,1-3H3,(H,31,33)(H,28,30,32)/t22-/m0/s1. The molecule has 3 N–H and O–H groups in total. The van der Waals surface area contributed by atoms with E-state index in [1.165, 1.54) is 29.4 Å². The fourth-order valence-electron chi connectivity index (χ4n) is 4.03.